The summed E-state index contributed by atoms with van der Waals surface area (Å²) in [5, 5.41) is 13.6. The minimum Gasteiger partial charge on any atom is -0.506 e. The molecule has 0 radical (unpaired) electrons. The number of rotatable bonds is 3. The molecule has 2 N–H and O–H groups in total. The van der Waals surface area contributed by atoms with Gasteiger partial charge in [0.25, 0.3) is 0 Å². The number of nitrogens with one attached hydrogen (secondary N) is 1. The maximum Gasteiger partial charge on any atom is 0.209 e. The number of phenolic OH excluding ortho intramolecular Hbond substituents is 1. The highest BCUT2D eigenvalue weighted by Crippen LogP contribution is 2.38. The number of piperazine rings is 1. The molecule has 3 rings (SSSR count). The molecule has 0 saturated carbocycles. The van der Waals surface area contributed by atoms with Gasteiger partial charge in [0.1, 0.15) is 5.75 Å². The molecule has 1 aliphatic rings. The van der Waals surface area contributed by atoms with E-state index in [9.17, 15) is 13.5 Å². The van der Waals surface area contributed by atoms with Crippen molar-refractivity contribution in [3.8, 4) is 5.75 Å². The molecule has 0 unspecified atom stereocenters. The Hall–Kier alpha value is -2.05. The van der Waals surface area contributed by atoms with Crippen molar-refractivity contribution >= 4 is 15.5 Å². The lowest BCUT2D eigenvalue weighted by molar-refractivity contribution is 0.468. The number of nitrogens with zero attached hydrogens (tertiary/aromatic N) is 1. The van der Waals surface area contributed by atoms with Gasteiger partial charge in [0.2, 0.25) is 9.84 Å². The molecule has 0 aromatic heterocycles. The van der Waals surface area contributed by atoms with E-state index in [0.717, 1.165) is 18.7 Å². The molecule has 0 spiro atoms. The third kappa shape index (κ3) is 2.99. The largest absolute Gasteiger partial charge is 0.506 e. The molecule has 0 bridgehead atoms. The average Bonchev–Trinajstić information content (AvgIpc) is 2.55. The second kappa shape index (κ2) is 6.45. The molecule has 0 aliphatic carbocycles. The van der Waals surface area contributed by atoms with Gasteiger partial charge in [0.15, 0.2) is 0 Å². The van der Waals surface area contributed by atoms with Gasteiger partial charge in [-0.25, -0.2) is 8.42 Å². The number of benzene rings is 2. The first-order valence-corrected chi connectivity index (χ1v) is 9.49. The van der Waals surface area contributed by atoms with Gasteiger partial charge in [-0.2, -0.15) is 0 Å². The van der Waals surface area contributed by atoms with Crippen molar-refractivity contribution in [2.75, 3.05) is 31.1 Å². The fraction of sp³-hybridized carbons (Fsp3) is 0.333. The van der Waals surface area contributed by atoms with E-state index >= 15 is 0 Å². The minimum absolute atomic E-state index is 0.00254. The highest BCUT2D eigenvalue weighted by molar-refractivity contribution is 7.91. The monoisotopic (exact) mass is 346 g/mol. The van der Waals surface area contributed by atoms with Crippen LogP contribution in [-0.2, 0) is 9.84 Å². The van der Waals surface area contributed by atoms with Crippen LogP contribution in [0, 0.1) is 13.8 Å². The molecule has 0 atom stereocenters. The van der Waals surface area contributed by atoms with Crippen LogP contribution in [0.3, 0.4) is 0 Å². The minimum atomic E-state index is -3.71. The van der Waals surface area contributed by atoms with Gasteiger partial charge in [-0.15, -0.1) is 0 Å². The summed E-state index contributed by atoms with van der Waals surface area (Å²) in [6.45, 7) is 6.58. The lowest BCUT2D eigenvalue weighted by Gasteiger charge is -2.31. The van der Waals surface area contributed by atoms with Crippen molar-refractivity contribution in [3.63, 3.8) is 0 Å². The number of aromatic hydroxyl groups is 1. The molecule has 1 aliphatic heterocycles. The van der Waals surface area contributed by atoms with Crippen molar-refractivity contribution < 1.29 is 13.5 Å². The molecule has 2 aromatic rings. The second-order valence-corrected chi connectivity index (χ2v) is 8.02. The molecule has 5 nitrogen and oxygen atoms in total. The summed E-state index contributed by atoms with van der Waals surface area (Å²) in [6, 6.07) is 10.0. The average molecular weight is 346 g/mol. The van der Waals surface area contributed by atoms with Crippen molar-refractivity contribution in [2.45, 2.75) is 23.6 Å². The number of aryl methyl sites for hydroxylation is 2. The summed E-state index contributed by atoms with van der Waals surface area (Å²) in [5.74, 6) is 0.00254. The van der Waals surface area contributed by atoms with Crippen molar-refractivity contribution in [1.82, 2.24) is 5.32 Å². The van der Waals surface area contributed by atoms with Crippen LogP contribution in [0.5, 0.6) is 5.75 Å². The fourth-order valence-electron chi connectivity index (χ4n) is 3.15. The summed E-state index contributed by atoms with van der Waals surface area (Å²) < 4.78 is 26.5. The lowest BCUT2D eigenvalue weighted by Crippen LogP contribution is -2.44. The Morgan fingerprint density at radius 1 is 1.04 bits per heavy atom. The van der Waals surface area contributed by atoms with Gasteiger partial charge in [-0.1, -0.05) is 23.8 Å². The molecule has 24 heavy (non-hydrogen) atoms. The van der Waals surface area contributed by atoms with Gasteiger partial charge in [-0.05, 0) is 37.6 Å². The van der Waals surface area contributed by atoms with E-state index in [1.165, 1.54) is 0 Å². The third-order valence-corrected chi connectivity index (χ3v) is 6.27. The number of hydrogen-bond donors (Lipinski definition) is 2. The summed E-state index contributed by atoms with van der Waals surface area (Å²) in [7, 11) is -3.71. The number of sulfone groups is 1. The van der Waals surface area contributed by atoms with E-state index in [1.807, 2.05) is 17.9 Å². The zero-order valence-electron chi connectivity index (χ0n) is 13.9. The Kier molecular flexibility index (Phi) is 4.51. The highest BCUT2D eigenvalue weighted by atomic mass is 32.2. The molecule has 2 aromatic carbocycles. The lowest BCUT2D eigenvalue weighted by atomic mass is 10.2. The van der Waals surface area contributed by atoms with Crippen LogP contribution < -0.4 is 10.2 Å². The molecule has 1 heterocycles. The Bertz CT molecular complexity index is 857. The fourth-order valence-corrected chi connectivity index (χ4v) is 4.87. The number of para-hydroxylation sites is 1. The van der Waals surface area contributed by atoms with Gasteiger partial charge in [-0.3, -0.25) is 0 Å². The van der Waals surface area contributed by atoms with Crippen LogP contribution in [0.15, 0.2) is 46.2 Å². The zero-order valence-corrected chi connectivity index (χ0v) is 14.7. The third-order valence-electron chi connectivity index (χ3n) is 4.32. The van der Waals surface area contributed by atoms with Crippen LogP contribution in [-0.4, -0.2) is 39.7 Å². The smallest absolute Gasteiger partial charge is 0.209 e. The molecule has 0 amide bonds. The summed E-state index contributed by atoms with van der Waals surface area (Å²) >= 11 is 0. The van der Waals surface area contributed by atoms with Crippen molar-refractivity contribution in [1.29, 1.82) is 0 Å². The number of hydrogen-bond acceptors (Lipinski definition) is 5. The van der Waals surface area contributed by atoms with E-state index < -0.39 is 9.84 Å². The van der Waals surface area contributed by atoms with Crippen LogP contribution in [0.2, 0.25) is 0 Å². The Morgan fingerprint density at radius 3 is 2.42 bits per heavy atom. The summed E-state index contributed by atoms with van der Waals surface area (Å²) in [5.41, 5.74) is 2.13. The van der Waals surface area contributed by atoms with Gasteiger partial charge >= 0.3 is 0 Å². The van der Waals surface area contributed by atoms with E-state index in [-0.39, 0.29) is 15.5 Å². The Balaban J connectivity index is 2.16. The van der Waals surface area contributed by atoms with E-state index in [4.69, 9.17) is 0 Å². The van der Waals surface area contributed by atoms with Crippen molar-refractivity contribution in [2.24, 2.45) is 0 Å². The topological polar surface area (TPSA) is 69.6 Å². The summed E-state index contributed by atoms with van der Waals surface area (Å²) in [4.78, 5) is 2.38. The summed E-state index contributed by atoms with van der Waals surface area (Å²) in [6.07, 6.45) is 0. The second-order valence-electron chi connectivity index (χ2n) is 6.13. The van der Waals surface area contributed by atoms with E-state index in [1.54, 1.807) is 37.3 Å². The van der Waals surface area contributed by atoms with Crippen LogP contribution >= 0.6 is 0 Å². The zero-order chi connectivity index (χ0) is 17.3. The standard InChI is InChI=1S/C18H22N2O3S/c1-13-6-7-16(14(2)12-13)24(22,23)17-5-3-4-15(21)18(17)20-10-8-19-9-11-20/h3-7,12,19,21H,8-11H2,1-2H3. The predicted octanol–water partition coefficient (Wildman–Crippen LogP) is 2.25. The molecule has 128 valence electrons. The van der Waals surface area contributed by atoms with Crippen LogP contribution in [0.4, 0.5) is 5.69 Å². The first kappa shape index (κ1) is 16.8. The quantitative estimate of drug-likeness (QED) is 0.892. The maximum absolute atomic E-state index is 13.2. The van der Waals surface area contributed by atoms with E-state index in [0.29, 0.717) is 24.3 Å². The van der Waals surface area contributed by atoms with Gasteiger partial charge in [0.05, 0.1) is 15.5 Å². The van der Waals surface area contributed by atoms with Crippen molar-refractivity contribution in [3.05, 3.63) is 47.5 Å². The number of anilines is 1. The number of phenols is 1. The van der Waals surface area contributed by atoms with Gasteiger partial charge < -0.3 is 15.3 Å². The van der Waals surface area contributed by atoms with Crippen LogP contribution in [0.25, 0.3) is 0 Å². The molecular weight excluding hydrogens is 324 g/mol. The SMILES string of the molecule is Cc1ccc(S(=O)(=O)c2cccc(O)c2N2CCNCC2)c(C)c1. The molecule has 6 heteroatoms. The van der Waals surface area contributed by atoms with Crippen LogP contribution in [0.1, 0.15) is 11.1 Å². The molecule has 1 fully saturated rings. The first-order chi connectivity index (χ1) is 11.4. The highest BCUT2D eigenvalue weighted by Gasteiger charge is 2.28. The van der Waals surface area contributed by atoms with E-state index in [2.05, 4.69) is 5.32 Å². The molecule has 1 saturated heterocycles. The molecular formula is C18H22N2O3S. The Morgan fingerprint density at radius 2 is 1.75 bits per heavy atom. The normalized spacial score (nSPS) is 15.5. The Labute approximate surface area is 142 Å². The van der Waals surface area contributed by atoms with Gasteiger partial charge in [0, 0.05) is 26.2 Å². The predicted molar refractivity (Wildman–Crippen MR) is 94.6 cm³/mol. The first-order valence-electron chi connectivity index (χ1n) is 8.01. The maximum atomic E-state index is 13.2.